The lowest BCUT2D eigenvalue weighted by atomic mass is 10.1. The van der Waals surface area contributed by atoms with E-state index < -0.39 is 4.92 Å². The summed E-state index contributed by atoms with van der Waals surface area (Å²) in [5.41, 5.74) is 0.997. The van der Waals surface area contributed by atoms with Gasteiger partial charge in [-0.1, -0.05) is 0 Å². The fourth-order valence-electron chi connectivity index (χ4n) is 2.05. The predicted molar refractivity (Wildman–Crippen MR) is 73.8 cm³/mol. The van der Waals surface area contributed by atoms with Crippen LogP contribution in [0.15, 0.2) is 18.2 Å². The molecule has 1 atom stereocenters. The number of hydrogen-bond donors (Lipinski definition) is 2. The molecule has 104 valence electrons. The zero-order valence-corrected chi connectivity index (χ0v) is 11.3. The summed E-state index contributed by atoms with van der Waals surface area (Å²) >= 11 is 0. The van der Waals surface area contributed by atoms with E-state index in [4.69, 9.17) is 0 Å². The first-order chi connectivity index (χ1) is 8.58. The first-order valence-corrected chi connectivity index (χ1v) is 5.84. The van der Waals surface area contributed by atoms with Gasteiger partial charge < -0.3 is 10.6 Å². The number of nitrogens with zero attached hydrogens (tertiary/aromatic N) is 1. The van der Waals surface area contributed by atoms with Crippen molar-refractivity contribution in [3.05, 3.63) is 39.4 Å². The number of carbonyl (C=O) groups excluding carboxylic acids is 1. The second kappa shape index (κ2) is 6.49. The normalized spacial score (nSPS) is 17.6. The third-order valence-electron chi connectivity index (χ3n) is 3.05. The quantitative estimate of drug-likeness (QED) is 0.650. The van der Waals surface area contributed by atoms with Crippen LogP contribution in [0.5, 0.6) is 0 Å². The lowest BCUT2D eigenvalue weighted by Crippen LogP contribution is -2.36. The smallest absolute Gasteiger partial charge is 0.272 e. The van der Waals surface area contributed by atoms with Crippen LogP contribution in [0.25, 0.3) is 0 Å². The van der Waals surface area contributed by atoms with Gasteiger partial charge in [-0.15, -0.1) is 12.4 Å². The minimum absolute atomic E-state index is 0. The van der Waals surface area contributed by atoms with E-state index >= 15 is 0 Å². The number of nitro groups is 1. The number of hydrogen-bond acceptors (Lipinski definition) is 4. The third-order valence-corrected chi connectivity index (χ3v) is 3.05. The molecule has 6 nitrogen and oxygen atoms in total. The van der Waals surface area contributed by atoms with Crippen LogP contribution in [0.1, 0.15) is 22.3 Å². The van der Waals surface area contributed by atoms with Crippen molar-refractivity contribution in [2.75, 3.05) is 13.1 Å². The summed E-state index contributed by atoms with van der Waals surface area (Å²) in [6.45, 7) is 3.31. The number of benzene rings is 1. The van der Waals surface area contributed by atoms with E-state index in [-0.39, 0.29) is 30.0 Å². The summed E-state index contributed by atoms with van der Waals surface area (Å²) in [5.74, 6) is -0.179. The molecule has 0 spiro atoms. The molecule has 1 fully saturated rings. The highest BCUT2D eigenvalue weighted by molar-refractivity contribution is 5.94. The Kier molecular flexibility index (Phi) is 5.26. The van der Waals surface area contributed by atoms with Crippen molar-refractivity contribution in [2.45, 2.75) is 19.4 Å². The molecule has 1 aromatic carbocycles. The molecule has 1 saturated heterocycles. The monoisotopic (exact) mass is 285 g/mol. The van der Waals surface area contributed by atoms with Crippen molar-refractivity contribution in [1.29, 1.82) is 0 Å². The highest BCUT2D eigenvalue weighted by atomic mass is 35.5. The Bertz CT molecular complexity index is 487. The van der Waals surface area contributed by atoms with Crippen LogP contribution >= 0.6 is 12.4 Å². The second-order valence-corrected chi connectivity index (χ2v) is 4.42. The number of aryl methyl sites for hydroxylation is 1. The molecule has 1 aliphatic heterocycles. The van der Waals surface area contributed by atoms with Crippen LogP contribution in [0.2, 0.25) is 0 Å². The van der Waals surface area contributed by atoms with Crippen LogP contribution in [0.3, 0.4) is 0 Å². The molecule has 1 aliphatic rings. The Labute approximate surface area is 117 Å². The number of nitrogens with one attached hydrogen (secondary N) is 2. The van der Waals surface area contributed by atoms with Crippen LogP contribution in [0.4, 0.5) is 5.69 Å². The van der Waals surface area contributed by atoms with E-state index in [0.717, 1.165) is 19.5 Å². The average Bonchev–Trinajstić information content (AvgIpc) is 2.81. The molecule has 2 N–H and O–H groups in total. The van der Waals surface area contributed by atoms with Crippen LogP contribution < -0.4 is 10.6 Å². The molecule has 0 saturated carbocycles. The van der Waals surface area contributed by atoms with Crippen molar-refractivity contribution >= 4 is 24.0 Å². The third kappa shape index (κ3) is 3.65. The zero-order chi connectivity index (χ0) is 13.1. The number of rotatable bonds is 3. The molecule has 1 amide bonds. The molecule has 2 rings (SSSR count). The van der Waals surface area contributed by atoms with Gasteiger partial charge in [0.2, 0.25) is 0 Å². The Morgan fingerprint density at radius 2 is 2.26 bits per heavy atom. The molecule has 1 aromatic rings. The molecule has 19 heavy (non-hydrogen) atoms. The fraction of sp³-hybridized carbons (Fsp3) is 0.417. The van der Waals surface area contributed by atoms with Gasteiger partial charge in [0.1, 0.15) is 0 Å². The van der Waals surface area contributed by atoms with Gasteiger partial charge in [-0.2, -0.15) is 0 Å². The minimum Gasteiger partial charge on any atom is -0.348 e. The van der Waals surface area contributed by atoms with E-state index in [1.54, 1.807) is 13.0 Å². The van der Waals surface area contributed by atoms with Crippen molar-refractivity contribution < 1.29 is 9.72 Å². The molecule has 0 aliphatic carbocycles. The van der Waals surface area contributed by atoms with Gasteiger partial charge in [0.05, 0.1) is 4.92 Å². The molecule has 1 heterocycles. The molecule has 7 heteroatoms. The lowest BCUT2D eigenvalue weighted by Gasteiger charge is -2.11. The standard InChI is InChI=1S/C12H15N3O3.ClH/c1-8-6-9(2-3-11(8)15(17)18)12(16)14-10-4-5-13-7-10;/h2-3,6,10,13H,4-5,7H2,1H3,(H,14,16);1H. The summed E-state index contributed by atoms with van der Waals surface area (Å²) in [6.07, 6.45) is 0.914. The topological polar surface area (TPSA) is 84.3 Å². The lowest BCUT2D eigenvalue weighted by molar-refractivity contribution is -0.385. The van der Waals surface area contributed by atoms with Gasteiger partial charge in [0, 0.05) is 29.8 Å². The summed E-state index contributed by atoms with van der Waals surface area (Å²) in [6, 6.07) is 4.56. The van der Waals surface area contributed by atoms with Gasteiger partial charge in [-0.25, -0.2) is 0 Å². The summed E-state index contributed by atoms with van der Waals surface area (Å²) < 4.78 is 0. The largest absolute Gasteiger partial charge is 0.348 e. The van der Waals surface area contributed by atoms with E-state index in [1.165, 1.54) is 12.1 Å². The number of amides is 1. The van der Waals surface area contributed by atoms with E-state index in [0.29, 0.717) is 11.1 Å². The first-order valence-electron chi connectivity index (χ1n) is 5.84. The van der Waals surface area contributed by atoms with Crippen molar-refractivity contribution in [2.24, 2.45) is 0 Å². The second-order valence-electron chi connectivity index (χ2n) is 4.42. The molecule has 0 radical (unpaired) electrons. The molecule has 0 aromatic heterocycles. The van der Waals surface area contributed by atoms with E-state index in [1.807, 2.05) is 0 Å². The average molecular weight is 286 g/mol. The number of halogens is 1. The van der Waals surface area contributed by atoms with E-state index in [2.05, 4.69) is 10.6 Å². The molecular formula is C12H16ClN3O3. The predicted octanol–water partition coefficient (Wildman–Crippen LogP) is 1.42. The molecule has 1 unspecified atom stereocenters. The summed E-state index contributed by atoms with van der Waals surface area (Å²) in [7, 11) is 0. The number of nitro benzene ring substituents is 1. The SMILES string of the molecule is Cc1cc(C(=O)NC2CCNC2)ccc1[N+](=O)[O-].Cl. The Balaban J connectivity index is 0.00000180. The van der Waals surface area contributed by atoms with Gasteiger partial charge in [0.25, 0.3) is 11.6 Å². The highest BCUT2D eigenvalue weighted by Gasteiger charge is 2.19. The van der Waals surface area contributed by atoms with E-state index in [9.17, 15) is 14.9 Å². The maximum Gasteiger partial charge on any atom is 0.272 e. The zero-order valence-electron chi connectivity index (χ0n) is 10.5. The van der Waals surface area contributed by atoms with Gasteiger partial charge in [0.15, 0.2) is 0 Å². The van der Waals surface area contributed by atoms with Crippen molar-refractivity contribution in [1.82, 2.24) is 10.6 Å². The van der Waals surface area contributed by atoms with Gasteiger partial charge in [-0.05, 0) is 32.0 Å². The van der Waals surface area contributed by atoms with Crippen LogP contribution in [-0.2, 0) is 0 Å². The summed E-state index contributed by atoms with van der Waals surface area (Å²) in [4.78, 5) is 22.2. The van der Waals surface area contributed by atoms with Crippen LogP contribution in [-0.4, -0.2) is 30.0 Å². The molecular weight excluding hydrogens is 270 g/mol. The highest BCUT2D eigenvalue weighted by Crippen LogP contribution is 2.18. The Hall–Kier alpha value is -1.66. The summed E-state index contributed by atoms with van der Waals surface area (Å²) in [5, 5.41) is 16.7. The Morgan fingerprint density at radius 1 is 1.53 bits per heavy atom. The fourth-order valence-corrected chi connectivity index (χ4v) is 2.05. The minimum atomic E-state index is -0.447. The van der Waals surface area contributed by atoms with Gasteiger partial charge in [-0.3, -0.25) is 14.9 Å². The first kappa shape index (κ1) is 15.4. The molecule has 0 bridgehead atoms. The number of carbonyl (C=O) groups is 1. The van der Waals surface area contributed by atoms with Crippen LogP contribution in [0, 0.1) is 17.0 Å². The van der Waals surface area contributed by atoms with Crippen molar-refractivity contribution in [3.63, 3.8) is 0 Å². The van der Waals surface area contributed by atoms with Crippen molar-refractivity contribution in [3.8, 4) is 0 Å². The maximum atomic E-state index is 11.9. The van der Waals surface area contributed by atoms with Gasteiger partial charge >= 0.3 is 0 Å². The Morgan fingerprint density at radius 3 is 2.79 bits per heavy atom. The maximum absolute atomic E-state index is 11.9.